The summed E-state index contributed by atoms with van der Waals surface area (Å²) in [7, 11) is 1.68. The van der Waals surface area contributed by atoms with E-state index in [1.165, 1.54) is 14.7 Å². The van der Waals surface area contributed by atoms with Gasteiger partial charge in [0.15, 0.2) is 11.2 Å². The zero-order valence-electron chi connectivity index (χ0n) is 17.3. The third-order valence-corrected chi connectivity index (χ3v) is 5.84. The lowest BCUT2D eigenvalue weighted by atomic mass is 10.1. The highest BCUT2D eigenvalue weighted by Crippen LogP contribution is 2.34. The van der Waals surface area contributed by atoms with Crippen molar-refractivity contribution in [1.29, 1.82) is 0 Å². The number of rotatable bonds is 3. The maximum atomic E-state index is 13.4. The first kappa shape index (κ1) is 18.4. The van der Waals surface area contributed by atoms with E-state index >= 15 is 0 Å². The van der Waals surface area contributed by atoms with Crippen LogP contribution in [0.25, 0.3) is 11.2 Å². The Balaban J connectivity index is 1.70. The summed E-state index contributed by atoms with van der Waals surface area (Å²) in [6, 6.07) is 15.9. The Hall–Kier alpha value is -3.61. The van der Waals surface area contributed by atoms with Crippen LogP contribution in [0, 0.1) is 13.8 Å². The Labute approximate surface area is 173 Å². The van der Waals surface area contributed by atoms with Gasteiger partial charge in [-0.05, 0) is 36.6 Å². The fourth-order valence-corrected chi connectivity index (χ4v) is 4.22. The highest BCUT2D eigenvalue weighted by Gasteiger charge is 2.29. The minimum absolute atomic E-state index is 0.240. The third-order valence-electron chi connectivity index (χ3n) is 5.84. The van der Waals surface area contributed by atoms with Crippen LogP contribution in [-0.4, -0.2) is 25.2 Å². The summed E-state index contributed by atoms with van der Waals surface area (Å²) < 4.78 is 4.72. The fraction of sp³-hybridized carbons (Fsp3) is 0.261. The highest BCUT2D eigenvalue weighted by atomic mass is 16.2. The van der Waals surface area contributed by atoms with Crippen molar-refractivity contribution in [3.8, 4) is 0 Å². The van der Waals surface area contributed by atoms with E-state index in [0.717, 1.165) is 23.4 Å². The Bertz CT molecular complexity index is 1400. The molecule has 4 aromatic rings. The molecule has 0 saturated heterocycles. The van der Waals surface area contributed by atoms with Gasteiger partial charge in [-0.25, -0.2) is 4.79 Å². The maximum absolute atomic E-state index is 13.4. The van der Waals surface area contributed by atoms with Crippen LogP contribution in [0.15, 0.2) is 58.1 Å². The molecule has 0 fully saturated rings. The average Bonchev–Trinajstić information content (AvgIpc) is 3.32. The van der Waals surface area contributed by atoms with Crippen molar-refractivity contribution in [3.05, 3.63) is 86.1 Å². The predicted molar refractivity (Wildman–Crippen MR) is 118 cm³/mol. The van der Waals surface area contributed by atoms with Gasteiger partial charge in [-0.2, -0.15) is 4.98 Å². The Morgan fingerprint density at radius 1 is 1.00 bits per heavy atom. The molecule has 1 aliphatic rings. The number of fused-ring (bicyclic) bond motifs is 3. The Morgan fingerprint density at radius 2 is 1.77 bits per heavy atom. The van der Waals surface area contributed by atoms with Crippen LogP contribution in [0.5, 0.6) is 0 Å². The standard InChI is InChI=1S/C23H23N5O2/c1-15-9-10-16(2)18(13-15)26-11-12-27-19-20(24-22(26)27)25(3)23(30)28(21(19)29)14-17-7-5-4-6-8-17/h4-10,13H,11-12,14H2,1-3H3. The second kappa shape index (κ2) is 6.73. The van der Waals surface area contributed by atoms with Gasteiger partial charge in [0.25, 0.3) is 5.56 Å². The zero-order valence-corrected chi connectivity index (χ0v) is 17.3. The van der Waals surface area contributed by atoms with E-state index in [1.54, 1.807) is 7.05 Å². The van der Waals surface area contributed by atoms with Crippen LogP contribution in [0.3, 0.4) is 0 Å². The van der Waals surface area contributed by atoms with E-state index in [1.807, 2.05) is 34.9 Å². The molecule has 2 aromatic carbocycles. The molecule has 5 rings (SSSR count). The van der Waals surface area contributed by atoms with Crippen molar-refractivity contribution in [2.24, 2.45) is 7.05 Å². The summed E-state index contributed by atoms with van der Waals surface area (Å²) in [6.45, 7) is 5.77. The van der Waals surface area contributed by atoms with Gasteiger partial charge in [0.05, 0.1) is 6.54 Å². The monoisotopic (exact) mass is 401 g/mol. The number of aryl methyl sites for hydroxylation is 3. The van der Waals surface area contributed by atoms with Gasteiger partial charge in [-0.1, -0.05) is 42.5 Å². The smallest absolute Gasteiger partial charge is 0.310 e. The molecule has 0 bridgehead atoms. The number of aromatic nitrogens is 4. The minimum Gasteiger partial charge on any atom is -0.310 e. The Morgan fingerprint density at radius 3 is 2.53 bits per heavy atom. The molecule has 2 aromatic heterocycles. The Kier molecular flexibility index (Phi) is 4.13. The van der Waals surface area contributed by atoms with E-state index in [2.05, 4.69) is 36.9 Å². The van der Waals surface area contributed by atoms with E-state index in [4.69, 9.17) is 4.98 Å². The normalized spacial score (nSPS) is 13.2. The van der Waals surface area contributed by atoms with E-state index in [9.17, 15) is 9.59 Å². The van der Waals surface area contributed by atoms with Crippen LogP contribution in [0.4, 0.5) is 11.6 Å². The largest absolute Gasteiger partial charge is 0.332 e. The third kappa shape index (κ3) is 2.69. The quantitative estimate of drug-likeness (QED) is 0.530. The molecule has 0 saturated carbocycles. The summed E-state index contributed by atoms with van der Waals surface area (Å²) in [6.07, 6.45) is 0. The molecule has 0 atom stereocenters. The fourth-order valence-electron chi connectivity index (χ4n) is 4.22. The van der Waals surface area contributed by atoms with Crippen LogP contribution in [0.2, 0.25) is 0 Å². The minimum atomic E-state index is -0.355. The van der Waals surface area contributed by atoms with Crippen LogP contribution < -0.4 is 16.1 Å². The number of hydrogen-bond donors (Lipinski definition) is 0. The number of anilines is 2. The average molecular weight is 401 g/mol. The number of hydrogen-bond acceptors (Lipinski definition) is 4. The number of imidazole rings is 1. The first-order chi connectivity index (χ1) is 14.5. The molecule has 0 radical (unpaired) electrons. The second-order valence-corrected chi connectivity index (χ2v) is 7.90. The van der Waals surface area contributed by atoms with Crippen LogP contribution in [0.1, 0.15) is 16.7 Å². The van der Waals surface area contributed by atoms with Crippen molar-refractivity contribution < 1.29 is 0 Å². The molecule has 7 nitrogen and oxygen atoms in total. The van der Waals surface area contributed by atoms with Gasteiger partial charge in [0.1, 0.15) is 0 Å². The summed E-state index contributed by atoms with van der Waals surface area (Å²) in [5.41, 5.74) is 4.58. The summed E-state index contributed by atoms with van der Waals surface area (Å²) in [5, 5.41) is 0. The van der Waals surface area contributed by atoms with Gasteiger partial charge in [0, 0.05) is 25.8 Å². The van der Waals surface area contributed by atoms with Crippen molar-refractivity contribution in [1.82, 2.24) is 18.7 Å². The second-order valence-electron chi connectivity index (χ2n) is 7.90. The van der Waals surface area contributed by atoms with Crippen LogP contribution >= 0.6 is 0 Å². The molecule has 0 unspecified atom stereocenters. The summed E-state index contributed by atoms with van der Waals surface area (Å²) >= 11 is 0. The molecule has 0 aliphatic carbocycles. The lowest BCUT2D eigenvalue weighted by Crippen LogP contribution is -2.40. The van der Waals surface area contributed by atoms with E-state index < -0.39 is 0 Å². The molecule has 30 heavy (non-hydrogen) atoms. The molecule has 0 amide bonds. The predicted octanol–water partition coefficient (Wildman–Crippen LogP) is 2.71. The lowest BCUT2D eigenvalue weighted by molar-refractivity contribution is 0.652. The van der Waals surface area contributed by atoms with Gasteiger partial charge in [-0.3, -0.25) is 13.9 Å². The van der Waals surface area contributed by atoms with Gasteiger partial charge >= 0.3 is 5.69 Å². The van der Waals surface area contributed by atoms with E-state index in [0.29, 0.717) is 23.7 Å². The van der Waals surface area contributed by atoms with Gasteiger partial charge in [-0.15, -0.1) is 0 Å². The summed E-state index contributed by atoms with van der Waals surface area (Å²) in [5.74, 6) is 0.711. The SMILES string of the molecule is Cc1ccc(C)c(N2CCn3c2nc2c3c(=O)n(Cc3ccccc3)c(=O)n2C)c1. The maximum Gasteiger partial charge on any atom is 0.332 e. The molecule has 7 heteroatoms. The summed E-state index contributed by atoms with van der Waals surface area (Å²) in [4.78, 5) is 33.2. The molecular weight excluding hydrogens is 378 g/mol. The van der Waals surface area contributed by atoms with Crippen LogP contribution in [-0.2, 0) is 20.1 Å². The molecule has 152 valence electrons. The van der Waals surface area contributed by atoms with Gasteiger partial charge in [0.2, 0.25) is 5.95 Å². The zero-order chi connectivity index (χ0) is 21.0. The molecule has 0 spiro atoms. The lowest BCUT2D eigenvalue weighted by Gasteiger charge is -2.19. The van der Waals surface area contributed by atoms with E-state index in [-0.39, 0.29) is 17.8 Å². The number of nitrogens with zero attached hydrogens (tertiary/aromatic N) is 5. The first-order valence-electron chi connectivity index (χ1n) is 10.0. The van der Waals surface area contributed by atoms with Crippen molar-refractivity contribution in [2.75, 3.05) is 11.4 Å². The molecular formula is C23H23N5O2. The molecule has 1 aliphatic heterocycles. The van der Waals surface area contributed by atoms with Crippen molar-refractivity contribution >= 4 is 22.8 Å². The molecule has 3 heterocycles. The number of benzene rings is 2. The highest BCUT2D eigenvalue weighted by molar-refractivity contribution is 5.78. The topological polar surface area (TPSA) is 65.1 Å². The first-order valence-corrected chi connectivity index (χ1v) is 10.0. The van der Waals surface area contributed by atoms with Gasteiger partial charge < -0.3 is 9.47 Å². The van der Waals surface area contributed by atoms with Crippen molar-refractivity contribution in [3.63, 3.8) is 0 Å². The van der Waals surface area contributed by atoms with Crippen molar-refractivity contribution in [2.45, 2.75) is 26.9 Å². The molecule has 0 N–H and O–H groups in total.